The van der Waals surface area contributed by atoms with E-state index in [0.717, 1.165) is 12.0 Å². The second kappa shape index (κ2) is 9.50. The van der Waals surface area contributed by atoms with Crippen LogP contribution in [0.4, 0.5) is 4.39 Å². The van der Waals surface area contributed by atoms with E-state index < -0.39 is 15.8 Å². The Morgan fingerprint density at radius 1 is 1.10 bits per heavy atom. The Hall–Kier alpha value is -2.25. The second-order valence-corrected chi connectivity index (χ2v) is 9.37. The number of sulfonamides is 1. The molecule has 0 saturated carbocycles. The maximum Gasteiger partial charge on any atom is 0.223 e. The molecule has 2 aromatic carbocycles. The number of carbonyl (C=O) groups is 1. The van der Waals surface area contributed by atoms with Gasteiger partial charge in [-0.25, -0.2) is 17.1 Å². The van der Waals surface area contributed by atoms with Crippen LogP contribution < -0.4 is 5.32 Å². The average molecular weight is 419 g/mol. The highest BCUT2D eigenvalue weighted by molar-refractivity contribution is 7.88. The lowest BCUT2D eigenvalue weighted by molar-refractivity contribution is -0.126. The van der Waals surface area contributed by atoms with Crippen LogP contribution in [0.25, 0.3) is 0 Å². The average Bonchev–Trinajstić information content (AvgIpc) is 2.74. The van der Waals surface area contributed by atoms with Gasteiger partial charge in [0.15, 0.2) is 0 Å². The quantitative estimate of drug-likeness (QED) is 0.747. The van der Waals surface area contributed by atoms with Crippen molar-refractivity contribution in [3.8, 4) is 0 Å². The number of nitrogens with zero attached hydrogens (tertiary/aromatic N) is 1. The molecule has 1 atom stereocenters. The van der Waals surface area contributed by atoms with Gasteiger partial charge >= 0.3 is 0 Å². The molecule has 0 bridgehead atoms. The molecular weight excluding hydrogens is 391 g/mol. The molecule has 29 heavy (non-hydrogen) atoms. The Morgan fingerprint density at radius 3 is 2.34 bits per heavy atom. The predicted molar refractivity (Wildman–Crippen MR) is 111 cm³/mol. The van der Waals surface area contributed by atoms with Crippen molar-refractivity contribution in [2.24, 2.45) is 5.92 Å². The second-order valence-electron chi connectivity index (χ2n) is 7.40. The Bertz CT molecular complexity index is 926. The summed E-state index contributed by atoms with van der Waals surface area (Å²) in [4.78, 5) is 12.7. The van der Waals surface area contributed by atoms with Crippen molar-refractivity contribution in [3.63, 3.8) is 0 Å². The zero-order chi connectivity index (χ0) is 20.9. The van der Waals surface area contributed by atoms with Crippen molar-refractivity contribution in [1.29, 1.82) is 0 Å². The highest BCUT2D eigenvalue weighted by Gasteiger charge is 2.32. The number of benzene rings is 2. The first-order valence-corrected chi connectivity index (χ1v) is 11.6. The van der Waals surface area contributed by atoms with Gasteiger partial charge in [0.05, 0.1) is 11.8 Å². The van der Waals surface area contributed by atoms with Crippen LogP contribution in [0.5, 0.6) is 0 Å². The van der Waals surface area contributed by atoms with Crippen molar-refractivity contribution >= 4 is 15.9 Å². The first-order chi connectivity index (χ1) is 13.9. The van der Waals surface area contributed by atoms with Crippen molar-refractivity contribution in [2.45, 2.75) is 38.0 Å². The van der Waals surface area contributed by atoms with Crippen LogP contribution in [0.15, 0.2) is 54.6 Å². The fourth-order valence-electron chi connectivity index (χ4n) is 3.70. The van der Waals surface area contributed by atoms with Gasteiger partial charge in [-0.3, -0.25) is 4.79 Å². The summed E-state index contributed by atoms with van der Waals surface area (Å²) < 4.78 is 40.5. The maximum atomic E-state index is 13.8. The van der Waals surface area contributed by atoms with E-state index in [2.05, 4.69) is 5.32 Å². The summed E-state index contributed by atoms with van der Waals surface area (Å²) in [6.45, 7) is 2.57. The van der Waals surface area contributed by atoms with Gasteiger partial charge in [-0.15, -0.1) is 0 Å². The van der Waals surface area contributed by atoms with Gasteiger partial charge in [-0.1, -0.05) is 55.5 Å². The van der Waals surface area contributed by atoms with Gasteiger partial charge < -0.3 is 5.32 Å². The number of rotatable bonds is 7. The Kier molecular flexibility index (Phi) is 7.03. The Balaban J connectivity index is 1.57. The van der Waals surface area contributed by atoms with Crippen LogP contribution in [0.1, 0.15) is 43.4 Å². The fourth-order valence-corrected chi connectivity index (χ4v) is 5.27. The summed E-state index contributed by atoms with van der Waals surface area (Å²) in [5, 5.41) is 3.10. The first-order valence-electron chi connectivity index (χ1n) is 9.97. The molecule has 1 fully saturated rings. The van der Waals surface area contributed by atoms with Crippen LogP contribution in [0.2, 0.25) is 0 Å². The molecule has 1 N–H and O–H groups in total. The lowest BCUT2D eigenvalue weighted by Crippen LogP contribution is -2.44. The molecule has 0 spiro atoms. The molecule has 156 valence electrons. The molecule has 7 heteroatoms. The Morgan fingerprint density at radius 2 is 1.72 bits per heavy atom. The summed E-state index contributed by atoms with van der Waals surface area (Å²) in [7, 11) is -3.62. The number of hydrogen-bond donors (Lipinski definition) is 1. The van der Waals surface area contributed by atoms with Crippen molar-refractivity contribution in [1.82, 2.24) is 9.62 Å². The lowest BCUT2D eigenvalue weighted by atomic mass is 9.96. The van der Waals surface area contributed by atoms with Gasteiger partial charge in [0.25, 0.3) is 0 Å². The molecular formula is C22H27FN2O3S. The van der Waals surface area contributed by atoms with E-state index in [-0.39, 0.29) is 42.3 Å². The van der Waals surface area contributed by atoms with Crippen LogP contribution >= 0.6 is 0 Å². The van der Waals surface area contributed by atoms with Gasteiger partial charge in [0.2, 0.25) is 15.9 Å². The summed E-state index contributed by atoms with van der Waals surface area (Å²) in [5.74, 6) is -1.13. The molecule has 0 radical (unpaired) electrons. The number of piperidine rings is 1. The number of carbonyl (C=O) groups excluding carboxylic acids is 1. The molecule has 1 aliphatic rings. The molecule has 3 rings (SSSR count). The van der Waals surface area contributed by atoms with E-state index in [1.165, 1.54) is 22.5 Å². The molecule has 2 aromatic rings. The normalized spacial score (nSPS) is 17.0. The number of halogens is 1. The van der Waals surface area contributed by atoms with Crippen molar-refractivity contribution < 1.29 is 17.6 Å². The highest BCUT2D eigenvalue weighted by atomic mass is 32.2. The lowest BCUT2D eigenvalue weighted by Gasteiger charge is -2.31. The maximum absolute atomic E-state index is 13.8. The molecule has 0 aliphatic carbocycles. The number of nitrogens with one attached hydrogen (secondary N) is 1. The zero-order valence-corrected chi connectivity index (χ0v) is 17.4. The van der Waals surface area contributed by atoms with E-state index in [1.807, 2.05) is 37.3 Å². The largest absolute Gasteiger partial charge is 0.349 e. The summed E-state index contributed by atoms with van der Waals surface area (Å²) in [5.41, 5.74) is 1.23. The van der Waals surface area contributed by atoms with Crippen LogP contribution in [0, 0.1) is 11.7 Å². The van der Waals surface area contributed by atoms with Gasteiger partial charge in [0, 0.05) is 24.6 Å². The van der Waals surface area contributed by atoms with Gasteiger partial charge in [-0.05, 0) is 30.9 Å². The van der Waals surface area contributed by atoms with Gasteiger partial charge in [0.1, 0.15) is 5.82 Å². The molecule has 1 heterocycles. The SMILES string of the molecule is CC[C@@H](NC(=O)C1CCN(S(=O)(=O)Cc2ccccc2F)CC1)c1ccccc1. The minimum Gasteiger partial charge on any atom is -0.349 e. The number of hydrogen-bond acceptors (Lipinski definition) is 3. The molecule has 1 amide bonds. The van der Waals surface area contributed by atoms with E-state index in [1.54, 1.807) is 6.07 Å². The molecule has 0 aromatic heterocycles. The third-order valence-corrected chi connectivity index (χ3v) is 7.27. The number of amides is 1. The fraction of sp³-hybridized carbons (Fsp3) is 0.409. The van der Waals surface area contributed by atoms with E-state index in [9.17, 15) is 17.6 Å². The summed E-state index contributed by atoms with van der Waals surface area (Å²) in [6, 6.07) is 15.7. The third-order valence-electron chi connectivity index (χ3n) is 5.44. The Labute approximate surface area is 172 Å². The third kappa shape index (κ3) is 5.42. The minimum absolute atomic E-state index is 0.0353. The van der Waals surface area contributed by atoms with Gasteiger partial charge in [-0.2, -0.15) is 0 Å². The molecule has 0 unspecified atom stereocenters. The van der Waals surface area contributed by atoms with Crippen molar-refractivity contribution in [3.05, 3.63) is 71.5 Å². The van der Waals surface area contributed by atoms with Crippen LogP contribution in [-0.4, -0.2) is 31.7 Å². The van der Waals surface area contributed by atoms with E-state index >= 15 is 0 Å². The summed E-state index contributed by atoms with van der Waals surface area (Å²) >= 11 is 0. The standard InChI is InChI=1S/C22H27FN2O3S/c1-2-21(17-8-4-3-5-9-17)24-22(26)18-12-14-25(15-13-18)29(27,28)16-19-10-6-7-11-20(19)23/h3-11,18,21H,2,12-16H2,1H3,(H,24,26)/t21-/m1/s1. The first kappa shape index (κ1) is 21.5. The topological polar surface area (TPSA) is 66.5 Å². The molecule has 5 nitrogen and oxygen atoms in total. The summed E-state index contributed by atoms with van der Waals surface area (Å²) in [6.07, 6.45) is 1.72. The highest BCUT2D eigenvalue weighted by Crippen LogP contribution is 2.24. The van der Waals surface area contributed by atoms with Crippen LogP contribution in [-0.2, 0) is 20.6 Å². The minimum atomic E-state index is -3.62. The van der Waals surface area contributed by atoms with E-state index in [4.69, 9.17) is 0 Å². The van der Waals surface area contributed by atoms with Crippen molar-refractivity contribution in [2.75, 3.05) is 13.1 Å². The van der Waals surface area contributed by atoms with Crippen LogP contribution in [0.3, 0.4) is 0 Å². The molecule has 1 saturated heterocycles. The smallest absolute Gasteiger partial charge is 0.223 e. The monoisotopic (exact) mass is 418 g/mol. The van der Waals surface area contributed by atoms with E-state index in [0.29, 0.717) is 12.8 Å². The zero-order valence-electron chi connectivity index (χ0n) is 16.6. The molecule has 1 aliphatic heterocycles. The predicted octanol–water partition coefficient (Wildman–Crippen LogP) is 3.64.